The zero-order valence-corrected chi connectivity index (χ0v) is 12.1. The number of halogens is 2. The first-order valence-corrected chi connectivity index (χ1v) is 6.85. The van der Waals surface area contributed by atoms with E-state index >= 15 is 0 Å². The smallest absolute Gasteiger partial charge is 0.240 e. The lowest BCUT2D eigenvalue weighted by molar-refractivity contribution is -0.132. The second kappa shape index (κ2) is 6.08. The normalized spacial score (nSPS) is 23.1. The zero-order valence-electron chi connectivity index (χ0n) is 11.4. The average molecular weight is 301 g/mol. The van der Waals surface area contributed by atoms with Gasteiger partial charge in [0.25, 0.3) is 0 Å². The molecule has 0 aliphatic carbocycles. The molecule has 6 heteroatoms. The van der Waals surface area contributed by atoms with Gasteiger partial charge in [0.15, 0.2) is 0 Å². The molecule has 0 saturated carbocycles. The van der Waals surface area contributed by atoms with Crippen LogP contribution in [0, 0.1) is 5.82 Å². The van der Waals surface area contributed by atoms with Gasteiger partial charge in [-0.2, -0.15) is 0 Å². The second-order valence-corrected chi connectivity index (χ2v) is 5.51. The second-order valence-electron chi connectivity index (χ2n) is 5.10. The topological polar surface area (TPSA) is 55.6 Å². The Hall–Kier alpha value is -1.17. The number of rotatable bonds is 5. The molecule has 1 amide bonds. The molecule has 0 radical (unpaired) electrons. The number of ether oxygens (including phenoxy) is 1. The molecule has 1 saturated heterocycles. The van der Waals surface area contributed by atoms with Crippen molar-refractivity contribution in [2.75, 3.05) is 20.3 Å². The van der Waals surface area contributed by atoms with Crippen molar-refractivity contribution in [2.45, 2.75) is 24.9 Å². The van der Waals surface area contributed by atoms with Gasteiger partial charge in [-0.05, 0) is 37.1 Å². The summed E-state index contributed by atoms with van der Waals surface area (Å²) in [5.41, 5.74) is 5.64. The molecule has 1 aromatic carbocycles. The van der Waals surface area contributed by atoms with Crippen molar-refractivity contribution in [3.63, 3.8) is 0 Å². The molecular weight excluding hydrogens is 283 g/mol. The standard InChI is InChI=1S/C14H18ClFN2O2/c1-20-9-14(13(17)19)5-2-6-18(14)8-10-3-4-12(16)11(15)7-10/h3-4,7H,2,5-6,8-9H2,1H3,(H2,17,19). The third-order valence-electron chi connectivity index (χ3n) is 3.82. The maximum Gasteiger partial charge on any atom is 0.240 e. The van der Waals surface area contributed by atoms with Crippen LogP contribution in [0.5, 0.6) is 0 Å². The molecule has 1 heterocycles. The number of amides is 1. The van der Waals surface area contributed by atoms with Gasteiger partial charge in [-0.25, -0.2) is 4.39 Å². The predicted octanol–water partition coefficient (Wildman–Crippen LogP) is 1.95. The SMILES string of the molecule is COCC1(C(N)=O)CCCN1Cc1ccc(F)c(Cl)c1. The first-order valence-electron chi connectivity index (χ1n) is 6.47. The van der Waals surface area contributed by atoms with Crippen LogP contribution in [-0.2, 0) is 16.1 Å². The summed E-state index contributed by atoms with van der Waals surface area (Å²) < 4.78 is 18.3. The van der Waals surface area contributed by atoms with Gasteiger partial charge in [-0.3, -0.25) is 9.69 Å². The molecule has 1 aliphatic heterocycles. The van der Waals surface area contributed by atoms with E-state index in [4.69, 9.17) is 22.1 Å². The molecule has 1 aromatic rings. The largest absolute Gasteiger partial charge is 0.382 e. The molecule has 2 rings (SSSR count). The highest BCUT2D eigenvalue weighted by Crippen LogP contribution is 2.31. The number of primary amides is 1. The number of carbonyl (C=O) groups excluding carboxylic acids is 1. The minimum Gasteiger partial charge on any atom is -0.382 e. The van der Waals surface area contributed by atoms with Crippen LogP contribution in [0.4, 0.5) is 4.39 Å². The Morgan fingerprint density at radius 3 is 2.95 bits per heavy atom. The van der Waals surface area contributed by atoms with Crippen LogP contribution >= 0.6 is 11.6 Å². The summed E-state index contributed by atoms with van der Waals surface area (Å²) in [5.74, 6) is -0.833. The number of benzene rings is 1. The Labute approximate surface area is 122 Å². The number of nitrogens with zero attached hydrogens (tertiary/aromatic N) is 1. The van der Waals surface area contributed by atoms with E-state index in [0.29, 0.717) is 13.0 Å². The lowest BCUT2D eigenvalue weighted by Gasteiger charge is -2.35. The van der Waals surface area contributed by atoms with E-state index in [1.807, 2.05) is 4.90 Å². The maximum absolute atomic E-state index is 13.2. The Morgan fingerprint density at radius 1 is 1.60 bits per heavy atom. The van der Waals surface area contributed by atoms with Gasteiger partial charge < -0.3 is 10.5 Å². The summed E-state index contributed by atoms with van der Waals surface area (Å²) >= 11 is 5.78. The summed E-state index contributed by atoms with van der Waals surface area (Å²) in [6.45, 7) is 1.50. The minimum atomic E-state index is -0.782. The van der Waals surface area contributed by atoms with Crippen LogP contribution in [-0.4, -0.2) is 36.6 Å². The van der Waals surface area contributed by atoms with E-state index in [2.05, 4.69) is 0 Å². The van der Waals surface area contributed by atoms with E-state index in [9.17, 15) is 9.18 Å². The molecule has 2 N–H and O–H groups in total. The highest BCUT2D eigenvalue weighted by Gasteiger charge is 2.46. The van der Waals surface area contributed by atoms with E-state index < -0.39 is 11.4 Å². The Balaban J connectivity index is 2.22. The first-order chi connectivity index (χ1) is 9.49. The van der Waals surface area contributed by atoms with Gasteiger partial charge >= 0.3 is 0 Å². The quantitative estimate of drug-likeness (QED) is 0.904. The molecule has 1 atom stereocenters. The molecule has 110 valence electrons. The molecule has 0 aromatic heterocycles. The Bertz CT molecular complexity index is 512. The highest BCUT2D eigenvalue weighted by molar-refractivity contribution is 6.30. The lowest BCUT2D eigenvalue weighted by Crippen LogP contribution is -2.56. The molecule has 4 nitrogen and oxygen atoms in total. The van der Waals surface area contributed by atoms with Crippen LogP contribution in [0.25, 0.3) is 0 Å². The van der Waals surface area contributed by atoms with Crippen molar-refractivity contribution < 1.29 is 13.9 Å². The van der Waals surface area contributed by atoms with Gasteiger partial charge in [-0.15, -0.1) is 0 Å². The van der Waals surface area contributed by atoms with Crippen molar-refractivity contribution in [1.29, 1.82) is 0 Å². The fourth-order valence-corrected chi connectivity index (χ4v) is 2.98. The third-order valence-corrected chi connectivity index (χ3v) is 4.11. The van der Waals surface area contributed by atoms with Crippen LogP contribution < -0.4 is 5.73 Å². The number of hydrogen-bond donors (Lipinski definition) is 1. The molecule has 0 bridgehead atoms. The van der Waals surface area contributed by atoms with E-state index in [0.717, 1.165) is 18.5 Å². The number of hydrogen-bond acceptors (Lipinski definition) is 3. The number of carbonyl (C=O) groups is 1. The van der Waals surface area contributed by atoms with Crippen molar-refractivity contribution in [1.82, 2.24) is 4.90 Å². The van der Waals surface area contributed by atoms with E-state index in [1.165, 1.54) is 6.07 Å². The highest BCUT2D eigenvalue weighted by atomic mass is 35.5. The zero-order chi connectivity index (χ0) is 14.8. The monoisotopic (exact) mass is 300 g/mol. The van der Waals surface area contributed by atoms with Crippen LogP contribution in [0.3, 0.4) is 0 Å². The summed E-state index contributed by atoms with van der Waals surface area (Å²) in [4.78, 5) is 13.8. The molecular formula is C14H18ClFN2O2. The van der Waals surface area contributed by atoms with Gasteiger partial charge in [0.1, 0.15) is 11.4 Å². The Morgan fingerprint density at radius 2 is 2.35 bits per heavy atom. The van der Waals surface area contributed by atoms with Gasteiger partial charge in [0.2, 0.25) is 5.91 Å². The van der Waals surface area contributed by atoms with Crippen LogP contribution in [0.1, 0.15) is 18.4 Å². The molecule has 1 aliphatic rings. The minimum absolute atomic E-state index is 0.0816. The average Bonchev–Trinajstić information content (AvgIpc) is 2.79. The lowest BCUT2D eigenvalue weighted by atomic mass is 9.96. The first kappa shape index (κ1) is 15.2. The third kappa shape index (κ3) is 2.80. The molecule has 0 spiro atoms. The summed E-state index contributed by atoms with van der Waals surface area (Å²) in [7, 11) is 1.55. The molecule has 1 fully saturated rings. The fourth-order valence-electron chi connectivity index (χ4n) is 2.78. The van der Waals surface area contributed by atoms with E-state index in [-0.39, 0.29) is 17.5 Å². The summed E-state index contributed by atoms with van der Waals surface area (Å²) in [6.07, 6.45) is 1.55. The van der Waals surface area contributed by atoms with Crippen molar-refractivity contribution in [3.8, 4) is 0 Å². The number of nitrogens with two attached hydrogens (primary N) is 1. The maximum atomic E-state index is 13.2. The van der Waals surface area contributed by atoms with Crippen LogP contribution in [0.15, 0.2) is 18.2 Å². The van der Waals surface area contributed by atoms with Crippen molar-refractivity contribution in [2.24, 2.45) is 5.73 Å². The van der Waals surface area contributed by atoms with Gasteiger partial charge in [0.05, 0.1) is 11.6 Å². The van der Waals surface area contributed by atoms with Crippen molar-refractivity contribution in [3.05, 3.63) is 34.6 Å². The van der Waals surface area contributed by atoms with Gasteiger partial charge in [-0.1, -0.05) is 17.7 Å². The fraction of sp³-hybridized carbons (Fsp3) is 0.500. The Kier molecular flexibility index (Phi) is 4.62. The summed E-state index contributed by atoms with van der Waals surface area (Å²) in [6, 6.07) is 4.57. The molecule has 1 unspecified atom stereocenters. The predicted molar refractivity (Wildman–Crippen MR) is 74.9 cm³/mol. The van der Waals surface area contributed by atoms with Crippen LogP contribution in [0.2, 0.25) is 5.02 Å². The number of methoxy groups -OCH3 is 1. The van der Waals surface area contributed by atoms with Gasteiger partial charge in [0, 0.05) is 13.7 Å². The van der Waals surface area contributed by atoms with Crippen molar-refractivity contribution >= 4 is 17.5 Å². The summed E-state index contributed by atoms with van der Waals surface area (Å²) in [5, 5.41) is 0.0816. The molecule has 20 heavy (non-hydrogen) atoms. The number of likely N-dealkylation sites (tertiary alicyclic amines) is 1. The van der Waals surface area contributed by atoms with E-state index in [1.54, 1.807) is 19.2 Å².